The summed E-state index contributed by atoms with van der Waals surface area (Å²) in [6.07, 6.45) is 3.04. The Hall–Kier alpha value is -4.02. The van der Waals surface area contributed by atoms with Crippen LogP contribution in [-0.4, -0.2) is 86.4 Å². The summed E-state index contributed by atoms with van der Waals surface area (Å²) < 4.78 is 106. The maximum atomic E-state index is 15.1. The summed E-state index contributed by atoms with van der Waals surface area (Å²) in [7, 11) is 1.25. The zero-order chi connectivity index (χ0) is 33.9. The van der Waals surface area contributed by atoms with E-state index in [9.17, 15) is 18.4 Å². The Morgan fingerprint density at radius 1 is 1.23 bits per heavy atom. The summed E-state index contributed by atoms with van der Waals surface area (Å²) in [5.41, 5.74) is 0.0701. The van der Waals surface area contributed by atoms with E-state index in [0.717, 1.165) is 0 Å². The molecular formula is C26H30F4N8O5. The molecule has 3 amide bonds. The van der Waals surface area contributed by atoms with Crippen LogP contribution in [0.5, 0.6) is 5.88 Å². The first-order valence-electron chi connectivity index (χ1n) is 15.6. The lowest BCUT2D eigenvalue weighted by atomic mass is 9.81. The molecule has 0 bridgehead atoms. The standard InChI is InChI=1S/C26H30F4N8O5/c1-41-23-21(35-43-36-23)22(39)34-20(14-4-6-25(27,28)7-5-14)17-10-38-19(33-17)8-15(9-32-38)18(11-42-16-2-3-16)37-13-26(29,30)12-31-24(37)40/h8-10,14,16,18,20H,2-7,11-13H2,1H3,(H,31,40)(H,34,39)/i12D2,13D2. The van der Waals surface area contributed by atoms with E-state index in [2.05, 4.69) is 30.3 Å². The molecular weight excluding hydrogens is 580 g/mol. The normalized spacial score (nSPS) is 25.5. The van der Waals surface area contributed by atoms with Crippen LogP contribution in [-0.2, 0) is 4.74 Å². The fraction of sp³-hybridized carbons (Fsp3) is 0.615. The van der Waals surface area contributed by atoms with Gasteiger partial charge in [0.05, 0.1) is 68.5 Å². The monoisotopic (exact) mass is 614 g/mol. The molecule has 3 aromatic rings. The Morgan fingerprint density at radius 2 is 2.00 bits per heavy atom. The van der Waals surface area contributed by atoms with Gasteiger partial charge in [0.1, 0.15) is 0 Å². The number of halogens is 4. The molecule has 1 saturated heterocycles. The Labute approximate surface area is 247 Å². The van der Waals surface area contributed by atoms with Gasteiger partial charge in [-0.15, -0.1) is 0 Å². The summed E-state index contributed by atoms with van der Waals surface area (Å²) in [5, 5.41) is 15.6. The van der Waals surface area contributed by atoms with Crippen molar-refractivity contribution in [1.29, 1.82) is 0 Å². The highest BCUT2D eigenvalue weighted by Gasteiger charge is 2.43. The number of aromatic nitrogens is 5. The molecule has 13 nitrogen and oxygen atoms in total. The first kappa shape index (κ1) is 24.4. The molecule has 43 heavy (non-hydrogen) atoms. The van der Waals surface area contributed by atoms with Gasteiger partial charge in [-0.25, -0.2) is 36.5 Å². The first-order valence-corrected chi connectivity index (χ1v) is 13.6. The number of hydrogen-bond acceptors (Lipinski definition) is 9. The van der Waals surface area contributed by atoms with Gasteiger partial charge < -0.3 is 25.0 Å². The number of alkyl halides is 4. The van der Waals surface area contributed by atoms with Gasteiger partial charge in [-0.1, -0.05) is 0 Å². The molecule has 232 valence electrons. The van der Waals surface area contributed by atoms with Crippen molar-refractivity contribution in [3.8, 4) is 5.88 Å². The molecule has 3 fully saturated rings. The number of methoxy groups -OCH3 is 1. The van der Waals surface area contributed by atoms with Crippen molar-refractivity contribution in [3.63, 3.8) is 0 Å². The van der Waals surface area contributed by atoms with Crippen LogP contribution >= 0.6 is 0 Å². The van der Waals surface area contributed by atoms with Crippen molar-refractivity contribution in [1.82, 2.24) is 40.4 Å². The SMILES string of the molecule is [2H]C1([2H])NC(=O)N(C(COC2CC2)c2cnn3cc(C(NC(=O)c4nonc4OC)C4CCC(F)(F)CC4)nc3c2)C([2H])([2H])C1(F)F. The van der Waals surface area contributed by atoms with Crippen molar-refractivity contribution in [2.45, 2.75) is 68.6 Å². The third kappa shape index (κ3) is 6.35. The van der Waals surface area contributed by atoms with Crippen LogP contribution in [0.3, 0.4) is 0 Å². The number of ether oxygens (including phenoxy) is 2. The number of hydrogen-bond donors (Lipinski definition) is 2. The summed E-state index contributed by atoms with van der Waals surface area (Å²) >= 11 is 0. The van der Waals surface area contributed by atoms with Crippen LogP contribution in [0, 0.1) is 5.92 Å². The molecule has 4 heterocycles. The van der Waals surface area contributed by atoms with Gasteiger partial charge in [0, 0.05) is 18.4 Å². The third-order valence-electron chi connectivity index (χ3n) is 7.58. The van der Waals surface area contributed by atoms with E-state index in [1.807, 2.05) is 0 Å². The van der Waals surface area contributed by atoms with E-state index < -0.39 is 74.2 Å². The topological polar surface area (TPSA) is 149 Å². The predicted octanol–water partition coefficient (Wildman–Crippen LogP) is 3.30. The second-order valence-electron chi connectivity index (χ2n) is 10.7. The lowest BCUT2D eigenvalue weighted by Crippen LogP contribution is -2.58. The molecule has 6 rings (SSSR count). The van der Waals surface area contributed by atoms with Crippen molar-refractivity contribution in [3.05, 3.63) is 35.4 Å². The van der Waals surface area contributed by atoms with Crippen LogP contribution in [0.2, 0.25) is 0 Å². The molecule has 2 atom stereocenters. The first-order chi connectivity index (χ1) is 22.0. The maximum Gasteiger partial charge on any atom is 0.318 e. The largest absolute Gasteiger partial charge is 0.477 e. The van der Waals surface area contributed by atoms with E-state index >= 15 is 8.78 Å². The quantitative estimate of drug-likeness (QED) is 0.328. The average Bonchev–Trinajstić information content (AvgIpc) is 3.52. The number of imidazole rings is 1. The highest BCUT2D eigenvalue weighted by molar-refractivity contribution is 5.94. The number of nitrogens with one attached hydrogen (secondary N) is 2. The van der Waals surface area contributed by atoms with Gasteiger partial charge >= 0.3 is 6.03 Å². The number of rotatable bonds is 10. The average molecular weight is 615 g/mol. The summed E-state index contributed by atoms with van der Waals surface area (Å²) in [6, 6.07) is -2.48. The Balaban J connectivity index is 1.35. The second kappa shape index (κ2) is 11.2. The minimum atomic E-state index is -4.67. The number of nitrogens with zero attached hydrogens (tertiary/aromatic N) is 6. The number of carbonyl (C=O) groups excluding carboxylic acids is 2. The number of amides is 3. The van der Waals surface area contributed by atoms with Gasteiger partial charge in [0.15, 0.2) is 5.65 Å². The van der Waals surface area contributed by atoms with E-state index in [-0.39, 0.29) is 52.3 Å². The van der Waals surface area contributed by atoms with Gasteiger partial charge in [0.2, 0.25) is 11.6 Å². The molecule has 17 heteroatoms. The van der Waals surface area contributed by atoms with Gasteiger partial charge in [-0.3, -0.25) is 4.79 Å². The molecule has 3 aromatic heterocycles. The number of urea groups is 1. The molecule has 0 radical (unpaired) electrons. The molecule has 2 aliphatic carbocycles. The third-order valence-corrected chi connectivity index (χ3v) is 7.58. The van der Waals surface area contributed by atoms with Crippen molar-refractivity contribution < 1.29 is 46.7 Å². The minimum absolute atomic E-state index is 0.0418. The lowest BCUT2D eigenvalue weighted by molar-refractivity contribution is -0.0542. The summed E-state index contributed by atoms with van der Waals surface area (Å²) in [5.74, 6) is -8.99. The van der Waals surface area contributed by atoms with Crippen LogP contribution < -0.4 is 15.4 Å². The fourth-order valence-electron chi connectivity index (χ4n) is 5.16. The molecule has 0 spiro atoms. The molecule has 2 saturated carbocycles. The zero-order valence-electron chi connectivity index (χ0n) is 26.7. The van der Waals surface area contributed by atoms with E-state index in [4.69, 9.17) is 15.0 Å². The number of carbonyl (C=O) groups is 2. The Morgan fingerprint density at radius 3 is 2.72 bits per heavy atom. The lowest BCUT2D eigenvalue weighted by Gasteiger charge is -2.38. The Bertz CT molecular complexity index is 1660. The van der Waals surface area contributed by atoms with Gasteiger partial charge in [0.25, 0.3) is 17.7 Å². The number of fused-ring (bicyclic) bond motifs is 1. The van der Waals surface area contributed by atoms with Crippen molar-refractivity contribution >= 4 is 17.6 Å². The second-order valence-corrected chi connectivity index (χ2v) is 10.7. The molecule has 0 aromatic carbocycles. The highest BCUT2D eigenvalue weighted by Crippen LogP contribution is 2.41. The van der Waals surface area contributed by atoms with E-state index in [1.165, 1.54) is 30.1 Å². The van der Waals surface area contributed by atoms with Crippen molar-refractivity contribution in [2.75, 3.05) is 26.7 Å². The van der Waals surface area contributed by atoms with E-state index in [0.29, 0.717) is 12.8 Å². The highest BCUT2D eigenvalue weighted by atomic mass is 19.3. The molecule has 1 aliphatic heterocycles. The predicted molar refractivity (Wildman–Crippen MR) is 138 cm³/mol. The summed E-state index contributed by atoms with van der Waals surface area (Å²) in [6.45, 7) is -7.88. The van der Waals surface area contributed by atoms with Crippen LogP contribution in [0.25, 0.3) is 5.65 Å². The van der Waals surface area contributed by atoms with Crippen LogP contribution in [0.1, 0.15) is 77.8 Å². The van der Waals surface area contributed by atoms with Gasteiger partial charge in [-0.2, -0.15) is 5.10 Å². The minimum Gasteiger partial charge on any atom is -0.477 e. The van der Waals surface area contributed by atoms with Crippen LogP contribution in [0.15, 0.2) is 23.1 Å². The maximum absolute atomic E-state index is 15.1. The molecule has 2 unspecified atom stereocenters. The Kier molecular flexibility index (Phi) is 6.38. The smallest absolute Gasteiger partial charge is 0.318 e. The van der Waals surface area contributed by atoms with Crippen LogP contribution in [0.4, 0.5) is 22.4 Å². The summed E-state index contributed by atoms with van der Waals surface area (Å²) in [4.78, 5) is 30.9. The molecule has 3 aliphatic rings. The van der Waals surface area contributed by atoms with E-state index in [1.54, 1.807) is 5.32 Å². The fourth-order valence-corrected chi connectivity index (χ4v) is 5.16. The molecule has 2 N–H and O–H groups in total. The van der Waals surface area contributed by atoms with Crippen molar-refractivity contribution in [2.24, 2.45) is 5.92 Å². The van der Waals surface area contributed by atoms with Gasteiger partial charge in [-0.05, 0) is 48.0 Å². The zero-order valence-corrected chi connectivity index (χ0v) is 22.7.